The number of ether oxygens (including phenoxy) is 1. The minimum Gasteiger partial charge on any atom is -0.482 e. The van der Waals surface area contributed by atoms with Crippen LogP contribution in [-0.4, -0.2) is 34.8 Å². The second-order valence-corrected chi connectivity index (χ2v) is 6.43. The van der Waals surface area contributed by atoms with Gasteiger partial charge in [0.2, 0.25) is 5.91 Å². The van der Waals surface area contributed by atoms with Crippen LogP contribution in [-0.2, 0) is 22.7 Å². The van der Waals surface area contributed by atoms with Gasteiger partial charge in [0.05, 0.1) is 18.5 Å². The number of carbonyl (C=O) groups excluding carboxylic acids is 2. The number of nitrogens with zero attached hydrogens (tertiary/aromatic N) is 3. The summed E-state index contributed by atoms with van der Waals surface area (Å²) in [4.78, 5) is 32.8. The summed E-state index contributed by atoms with van der Waals surface area (Å²) >= 11 is 0. The van der Waals surface area contributed by atoms with Crippen LogP contribution >= 0.6 is 0 Å². The molecule has 7 nitrogen and oxygen atoms in total. The minimum atomic E-state index is -0.244. The Bertz CT molecular complexity index is 957. The molecule has 1 aromatic carbocycles. The van der Waals surface area contributed by atoms with E-state index in [1.54, 1.807) is 41.8 Å². The van der Waals surface area contributed by atoms with Gasteiger partial charge in [0.15, 0.2) is 6.61 Å². The molecular weight excluding hydrogens is 358 g/mol. The predicted molar refractivity (Wildman–Crippen MR) is 101 cm³/mol. The summed E-state index contributed by atoms with van der Waals surface area (Å²) in [7, 11) is 0. The topological polar surface area (TPSA) is 75.9 Å². The van der Waals surface area contributed by atoms with E-state index in [2.05, 4.69) is 4.98 Å². The normalized spacial score (nSPS) is 13.0. The number of fused-ring (bicyclic) bond motifs is 1. The number of benzene rings is 1. The summed E-state index contributed by atoms with van der Waals surface area (Å²) in [6, 6.07) is 14.5. The van der Waals surface area contributed by atoms with E-state index >= 15 is 0 Å². The van der Waals surface area contributed by atoms with E-state index in [1.807, 2.05) is 30.3 Å². The number of furan rings is 1. The van der Waals surface area contributed by atoms with Crippen LogP contribution in [0.3, 0.4) is 0 Å². The van der Waals surface area contributed by atoms with Crippen molar-refractivity contribution in [1.82, 2.24) is 9.88 Å². The first-order valence-electron chi connectivity index (χ1n) is 8.92. The summed E-state index contributed by atoms with van der Waals surface area (Å²) in [6.07, 6.45) is 4.98. The van der Waals surface area contributed by atoms with Gasteiger partial charge in [-0.2, -0.15) is 0 Å². The molecule has 0 saturated carbocycles. The maximum atomic E-state index is 13.1. The molecule has 0 spiro atoms. The van der Waals surface area contributed by atoms with Crippen molar-refractivity contribution in [3.05, 3.63) is 78.5 Å². The summed E-state index contributed by atoms with van der Waals surface area (Å²) < 4.78 is 10.9. The first-order chi connectivity index (χ1) is 13.7. The van der Waals surface area contributed by atoms with Crippen molar-refractivity contribution in [2.75, 3.05) is 18.1 Å². The van der Waals surface area contributed by atoms with Gasteiger partial charge in [-0.15, -0.1) is 0 Å². The van der Waals surface area contributed by atoms with Gasteiger partial charge in [-0.3, -0.25) is 19.5 Å². The highest BCUT2D eigenvalue weighted by atomic mass is 16.5. The summed E-state index contributed by atoms with van der Waals surface area (Å²) in [5.41, 5.74) is 1.50. The third-order valence-electron chi connectivity index (χ3n) is 4.48. The molecule has 2 aromatic heterocycles. The van der Waals surface area contributed by atoms with Crippen molar-refractivity contribution in [2.24, 2.45) is 0 Å². The van der Waals surface area contributed by atoms with E-state index < -0.39 is 0 Å². The van der Waals surface area contributed by atoms with E-state index in [1.165, 1.54) is 4.90 Å². The van der Waals surface area contributed by atoms with Gasteiger partial charge >= 0.3 is 0 Å². The molecule has 7 heteroatoms. The first-order valence-corrected chi connectivity index (χ1v) is 8.92. The minimum absolute atomic E-state index is 0.0693. The van der Waals surface area contributed by atoms with Crippen molar-refractivity contribution in [3.63, 3.8) is 0 Å². The molecule has 0 saturated heterocycles. The van der Waals surface area contributed by atoms with E-state index in [4.69, 9.17) is 9.15 Å². The molecule has 142 valence electrons. The van der Waals surface area contributed by atoms with Crippen LogP contribution < -0.4 is 9.64 Å². The zero-order valence-electron chi connectivity index (χ0n) is 15.2. The van der Waals surface area contributed by atoms with Crippen LogP contribution in [0, 0.1) is 0 Å². The van der Waals surface area contributed by atoms with Crippen LogP contribution in [0.1, 0.15) is 11.3 Å². The highest BCUT2D eigenvalue weighted by molar-refractivity contribution is 6.02. The molecule has 3 heterocycles. The van der Waals surface area contributed by atoms with Gasteiger partial charge in [-0.05, 0) is 35.9 Å². The van der Waals surface area contributed by atoms with Gasteiger partial charge in [0, 0.05) is 18.9 Å². The molecule has 0 fully saturated rings. The Kier molecular flexibility index (Phi) is 5.05. The third-order valence-corrected chi connectivity index (χ3v) is 4.48. The highest BCUT2D eigenvalue weighted by Crippen LogP contribution is 2.31. The first kappa shape index (κ1) is 17.8. The lowest BCUT2D eigenvalue weighted by Gasteiger charge is -2.31. The molecule has 4 rings (SSSR count). The summed E-state index contributed by atoms with van der Waals surface area (Å²) in [5.74, 6) is 0.836. The Balaban J connectivity index is 1.56. The van der Waals surface area contributed by atoms with Gasteiger partial charge < -0.3 is 14.1 Å². The fourth-order valence-corrected chi connectivity index (χ4v) is 3.10. The number of pyridine rings is 1. The quantitative estimate of drug-likeness (QED) is 0.660. The molecule has 0 bridgehead atoms. The molecule has 3 aromatic rings. The predicted octanol–water partition coefficient (Wildman–Crippen LogP) is 2.63. The van der Waals surface area contributed by atoms with E-state index in [0.29, 0.717) is 30.3 Å². The van der Waals surface area contributed by atoms with Crippen molar-refractivity contribution < 1.29 is 18.7 Å². The molecule has 0 atom stereocenters. The van der Waals surface area contributed by atoms with Gasteiger partial charge in [0.1, 0.15) is 18.1 Å². The number of rotatable bonds is 6. The fraction of sp³-hybridized carbons (Fsp3) is 0.190. The number of carbonyl (C=O) groups is 2. The monoisotopic (exact) mass is 377 g/mol. The average molecular weight is 377 g/mol. The number of para-hydroxylation sites is 2. The zero-order valence-corrected chi connectivity index (χ0v) is 15.2. The maximum absolute atomic E-state index is 13.1. The van der Waals surface area contributed by atoms with Crippen molar-refractivity contribution >= 4 is 17.5 Å². The van der Waals surface area contributed by atoms with Crippen molar-refractivity contribution in [1.29, 1.82) is 0 Å². The summed E-state index contributed by atoms with van der Waals surface area (Å²) in [5, 5.41) is 0. The number of aromatic nitrogens is 1. The van der Waals surface area contributed by atoms with Crippen LogP contribution in [0.2, 0.25) is 0 Å². The maximum Gasteiger partial charge on any atom is 0.265 e. The Labute approximate surface area is 162 Å². The van der Waals surface area contributed by atoms with Crippen LogP contribution in [0.4, 0.5) is 5.69 Å². The SMILES string of the molecule is O=C(CN1C(=O)COc2ccccc21)N(Cc1cccnc1)Cc1ccco1. The molecule has 2 amide bonds. The molecule has 0 N–H and O–H groups in total. The Hall–Kier alpha value is -3.61. The number of hydrogen-bond donors (Lipinski definition) is 0. The van der Waals surface area contributed by atoms with Crippen molar-refractivity contribution in [3.8, 4) is 5.75 Å². The van der Waals surface area contributed by atoms with E-state index in [0.717, 1.165) is 5.56 Å². The fourth-order valence-electron chi connectivity index (χ4n) is 3.10. The highest BCUT2D eigenvalue weighted by Gasteiger charge is 2.29. The van der Waals surface area contributed by atoms with E-state index in [-0.39, 0.29) is 25.0 Å². The molecule has 28 heavy (non-hydrogen) atoms. The smallest absolute Gasteiger partial charge is 0.265 e. The number of hydrogen-bond acceptors (Lipinski definition) is 5. The largest absolute Gasteiger partial charge is 0.482 e. The molecule has 0 unspecified atom stereocenters. The lowest BCUT2D eigenvalue weighted by molar-refractivity contribution is -0.133. The molecule has 1 aliphatic heterocycles. The van der Waals surface area contributed by atoms with Crippen LogP contribution in [0.5, 0.6) is 5.75 Å². The second kappa shape index (κ2) is 7.96. The van der Waals surface area contributed by atoms with Crippen molar-refractivity contribution in [2.45, 2.75) is 13.1 Å². The lowest BCUT2D eigenvalue weighted by Crippen LogP contribution is -2.46. The van der Waals surface area contributed by atoms with Gasteiger partial charge in [-0.25, -0.2) is 0 Å². The molecular formula is C21H19N3O4. The number of anilines is 1. The standard InChI is InChI=1S/C21H19N3O4/c25-20(14-24-18-7-1-2-8-19(18)28-15-21(24)26)23(13-17-6-4-10-27-17)12-16-5-3-9-22-11-16/h1-11H,12-15H2. The molecule has 0 aliphatic carbocycles. The van der Waals surface area contributed by atoms with Crippen LogP contribution in [0.25, 0.3) is 0 Å². The molecule has 1 aliphatic rings. The zero-order chi connectivity index (χ0) is 19.3. The average Bonchev–Trinajstić information content (AvgIpc) is 3.23. The number of amides is 2. The van der Waals surface area contributed by atoms with E-state index in [9.17, 15) is 9.59 Å². The van der Waals surface area contributed by atoms with Crippen LogP contribution in [0.15, 0.2) is 71.6 Å². The summed E-state index contributed by atoms with van der Waals surface area (Å²) in [6.45, 7) is 0.527. The lowest BCUT2D eigenvalue weighted by atomic mass is 10.2. The Morgan fingerprint density at radius 1 is 1.11 bits per heavy atom. The molecule has 0 radical (unpaired) electrons. The second-order valence-electron chi connectivity index (χ2n) is 6.43. The van der Waals surface area contributed by atoms with Gasteiger partial charge in [0.25, 0.3) is 5.91 Å². The van der Waals surface area contributed by atoms with Gasteiger partial charge in [-0.1, -0.05) is 18.2 Å². The Morgan fingerprint density at radius 3 is 2.79 bits per heavy atom. The Morgan fingerprint density at radius 2 is 2.00 bits per heavy atom. The third kappa shape index (κ3) is 3.88.